The SMILES string of the molecule is CC(NC(=O)c1ccc(S)cc1)C1CCOC1. The molecule has 0 bridgehead atoms. The number of rotatable bonds is 3. The Bertz CT molecular complexity index is 385. The molecule has 0 radical (unpaired) electrons. The highest BCUT2D eigenvalue weighted by Gasteiger charge is 2.23. The van der Waals surface area contributed by atoms with E-state index >= 15 is 0 Å². The van der Waals surface area contributed by atoms with Gasteiger partial charge in [-0.05, 0) is 37.6 Å². The van der Waals surface area contributed by atoms with Gasteiger partial charge in [0.05, 0.1) is 6.61 Å². The van der Waals surface area contributed by atoms with Crippen LogP contribution in [0.1, 0.15) is 23.7 Å². The van der Waals surface area contributed by atoms with Crippen molar-refractivity contribution in [3.63, 3.8) is 0 Å². The normalized spacial score (nSPS) is 21.2. The number of carbonyl (C=O) groups excluding carboxylic acids is 1. The minimum Gasteiger partial charge on any atom is -0.381 e. The Balaban J connectivity index is 1.94. The number of carbonyl (C=O) groups is 1. The maximum absolute atomic E-state index is 11.9. The van der Waals surface area contributed by atoms with E-state index in [0.717, 1.165) is 24.5 Å². The van der Waals surface area contributed by atoms with E-state index in [0.29, 0.717) is 11.5 Å². The third-order valence-electron chi connectivity index (χ3n) is 3.16. The molecule has 1 saturated heterocycles. The number of nitrogens with one attached hydrogen (secondary N) is 1. The molecule has 1 fully saturated rings. The highest BCUT2D eigenvalue weighted by Crippen LogP contribution is 2.17. The van der Waals surface area contributed by atoms with E-state index in [1.165, 1.54) is 0 Å². The van der Waals surface area contributed by atoms with Crippen molar-refractivity contribution >= 4 is 18.5 Å². The lowest BCUT2D eigenvalue weighted by Gasteiger charge is -2.19. The summed E-state index contributed by atoms with van der Waals surface area (Å²) >= 11 is 4.19. The van der Waals surface area contributed by atoms with Gasteiger partial charge in [-0.1, -0.05) is 0 Å². The molecule has 1 heterocycles. The van der Waals surface area contributed by atoms with Gasteiger partial charge < -0.3 is 10.1 Å². The van der Waals surface area contributed by atoms with E-state index in [2.05, 4.69) is 17.9 Å². The lowest BCUT2D eigenvalue weighted by atomic mass is 10.0. The van der Waals surface area contributed by atoms with Crippen LogP contribution in [0.5, 0.6) is 0 Å². The molecule has 4 heteroatoms. The van der Waals surface area contributed by atoms with Gasteiger partial charge in [-0.3, -0.25) is 4.79 Å². The summed E-state index contributed by atoms with van der Waals surface area (Å²) in [5.41, 5.74) is 0.675. The molecule has 1 aliphatic rings. The average Bonchev–Trinajstić information content (AvgIpc) is 2.83. The van der Waals surface area contributed by atoms with Gasteiger partial charge in [0.2, 0.25) is 0 Å². The molecule has 0 aliphatic carbocycles. The van der Waals surface area contributed by atoms with Crippen LogP contribution in [-0.4, -0.2) is 25.2 Å². The molecule has 1 aliphatic heterocycles. The van der Waals surface area contributed by atoms with Crippen molar-refractivity contribution < 1.29 is 9.53 Å². The van der Waals surface area contributed by atoms with Crippen LogP contribution in [0.2, 0.25) is 0 Å². The van der Waals surface area contributed by atoms with Gasteiger partial charge in [-0.2, -0.15) is 0 Å². The van der Waals surface area contributed by atoms with E-state index in [-0.39, 0.29) is 11.9 Å². The fourth-order valence-corrected chi connectivity index (χ4v) is 2.12. The Morgan fingerprint density at radius 1 is 1.47 bits per heavy atom. The van der Waals surface area contributed by atoms with Crippen molar-refractivity contribution in [1.82, 2.24) is 5.32 Å². The second kappa shape index (κ2) is 5.56. The van der Waals surface area contributed by atoms with E-state index in [4.69, 9.17) is 4.74 Å². The van der Waals surface area contributed by atoms with E-state index in [9.17, 15) is 4.79 Å². The monoisotopic (exact) mass is 251 g/mol. The van der Waals surface area contributed by atoms with Crippen molar-refractivity contribution in [3.05, 3.63) is 29.8 Å². The predicted molar refractivity (Wildman–Crippen MR) is 69.5 cm³/mol. The van der Waals surface area contributed by atoms with Crippen LogP contribution in [0.15, 0.2) is 29.2 Å². The summed E-state index contributed by atoms with van der Waals surface area (Å²) in [6.45, 7) is 3.58. The quantitative estimate of drug-likeness (QED) is 0.808. The predicted octanol–water partition coefficient (Wildman–Crippen LogP) is 2.13. The summed E-state index contributed by atoms with van der Waals surface area (Å²) in [7, 11) is 0. The Labute approximate surface area is 107 Å². The second-order valence-electron chi connectivity index (χ2n) is 4.43. The summed E-state index contributed by atoms with van der Waals surface area (Å²) in [5, 5.41) is 3.01. The highest BCUT2D eigenvalue weighted by molar-refractivity contribution is 7.80. The molecular weight excluding hydrogens is 234 g/mol. The molecule has 1 aromatic carbocycles. The van der Waals surface area contributed by atoms with Crippen LogP contribution in [0.4, 0.5) is 0 Å². The maximum Gasteiger partial charge on any atom is 0.251 e. The van der Waals surface area contributed by atoms with Crippen LogP contribution in [0, 0.1) is 5.92 Å². The molecule has 2 unspecified atom stereocenters. The highest BCUT2D eigenvalue weighted by atomic mass is 32.1. The van der Waals surface area contributed by atoms with Gasteiger partial charge >= 0.3 is 0 Å². The largest absolute Gasteiger partial charge is 0.381 e. The van der Waals surface area contributed by atoms with Crippen molar-refractivity contribution in [1.29, 1.82) is 0 Å². The average molecular weight is 251 g/mol. The molecule has 1 amide bonds. The summed E-state index contributed by atoms with van der Waals surface area (Å²) < 4.78 is 5.32. The summed E-state index contributed by atoms with van der Waals surface area (Å²) in [4.78, 5) is 12.8. The van der Waals surface area contributed by atoms with Gasteiger partial charge in [0.15, 0.2) is 0 Å². The first-order valence-electron chi connectivity index (χ1n) is 5.84. The third kappa shape index (κ3) is 3.23. The standard InChI is InChI=1S/C13H17NO2S/c1-9(11-6-7-16-8-11)14-13(15)10-2-4-12(17)5-3-10/h2-5,9,11,17H,6-8H2,1H3,(H,14,15). The number of amides is 1. The molecule has 3 nitrogen and oxygen atoms in total. The lowest BCUT2D eigenvalue weighted by Crippen LogP contribution is -2.38. The summed E-state index contributed by atoms with van der Waals surface area (Å²) in [5.74, 6) is 0.404. The summed E-state index contributed by atoms with van der Waals surface area (Å²) in [6, 6.07) is 7.37. The van der Waals surface area contributed by atoms with Gasteiger partial charge in [-0.25, -0.2) is 0 Å². The smallest absolute Gasteiger partial charge is 0.251 e. The van der Waals surface area contributed by atoms with Crippen molar-refractivity contribution in [2.24, 2.45) is 5.92 Å². The Morgan fingerprint density at radius 2 is 2.18 bits per heavy atom. The van der Waals surface area contributed by atoms with Gasteiger partial charge in [0, 0.05) is 29.0 Å². The fraction of sp³-hybridized carbons (Fsp3) is 0.462. The molecule has 2 atom stereocenters. The molecule has 0 spiro atoms. The number of hydrogen-bond acceptors (Lipinski definition) is 3. The number of hydrogen-bond donors (Lipinski definition) is 2. The molecule has 17 heavy (non-hydrogen) atoms. The first-order valence-corrected chi connectivity index (χ1v) is 6.29. The fourth-order valence-electron chi connectivity index (χ4n) is 1.97. The van der Waals surface area contributed by atoms with E-state index in [1.807, 2.05) is 19.1 Å². The van der Waals surface area contributed by atoms with Crippen molar-refractivity contribution in [3.8, 4) is 0 Å². The van der Waals surface area contributed by atoms with Crippen LogP contribution in [0.25, 0.3) is 0 Å². The lowest BCUT2D eigenvalue weighted by molar-refractivity contribution is 0.0922. The zero-order valence-electron chi connectivity index (χ0n) is 9.85. The number of thiol groups is 1. The van der Waals surface area contributed by atoms with Crippen molar-refractivity contribution in [2.75, 3.05) is 13.2 Å². The van der Waals surface area contributed by atoms with Gasteiger partial charge in [-0.15, -0.1) is 12.6 Å². The Hall–Kier alpha value is -1.00. The number of ether oxygens (including phenoxy) is 1. The Kier molecular flexibility index (Phi) is 4.07. The zero-order valence-corrected chi connectivity index (χ0v) is 10.7. The molecule has 2 rings (SSSR count). The zero-order chi connectivity index (χ0) is 12.3. The first kappa shape index (κ1) is 12.5. The topological polar surface area (TPSA) is 38.3 Å². The second-order valence-corrected chi connectivity index (χ2v) is 4.95. The molecule has 0 aromatic heterocycles. The minimum absolute atomic E-state index is 0.0299. The van der Waals surface area contributed by atoms with E-state index < -0.39 is 0 Å². The minimum atomic E-state index is -0.0299. The molecule has 1 N–H and O–H groups in total. The molecule has 1 aromatic rings. The molecule has 92 valence electrons. The maximum atomic E-state index is 11.9. The first-order chi connectivity index (χ1) is 8.16. The van der Waals surface area contributed by atoms with Crippen LogP contribution in [-0.2, 0) is 4.74 Å². The third-order valence-corrected chi connectivity index (χ3v) is 3.46. The van der Waals surface area contributed by atoms with Crippen LogP contribution >= 0.6 is 12.6 Å². The Morgan fingerprint density at radius 3 is 2.76 bits per heavy atom. The van der Waals surface area contributed by atoms with Gasteiger partial charge in [0.1, 0.15) is 0 Å². The van der Waals surface area contributed by atoms with Crippen LogP contribution < -0.4 is 5.32 Å². The van der Waals surface area contributed by atoms with Crippen molar-refractivity contribution in [2.45, 2.75) is 24.3 Å². The van der Waals surface area contributed by atoms with Crippen LogP contribution in [0.3, 0.4) is 0 Å². The molecular formula is C13H17NO2S. The molecule has 0 saturated carbocycles. The van der Waals surface area contributed by atoms with Gasteiger partial charge in [0.25, 0.3) is 5.91 Å². The number of benzene rings is 1. The summed E-state index contributed by atoms with van der Waals surface area (Å²) in [6.07, 6.45) is 1.02. The van der Waals surface area contributed by atoms with E-state index in [1.54, 1.807) is 12.1 Å².